The van der Waals surface area contributed by atoms with Crippen molar-refractivity contribution in [2.75, 3.05) is 19.6 Å². The van der Waals surface area contributed by atoms with E-state index in [1.54, 1.807) is 4.90 Å². The van der Waals surface area contributed by atoms with E-state index >= 15 is 0 Å². The van der Waals surface area contributed by atoms with Crippen LogP contribution in [-0.2, 0) is 0 Å². The molecule has 110 valence electrons. The van der Waals surface area contributed by atoms with Gasteiger partial charge in [0.2, 0.25) is 0 Å². The summed E-state index contributed by atoms with van der Waals surface area (Å²) in [6, 6.07) is 3.62. The summed E-state index contributed by atoms with van der Waals surface area (Å²) in [5.41, 5.74) is 0.204. The highest BCUT2D eigenvalue weighted by atomic mass is 19.2. The molecule has 1 aliphatic rings. The predicted molar refractivity (Wildman–Crippen MR) is 73.6 cm³/mol. The van der Waals surface area contributed by atoms with Crippen molar-refractivity contribution >= 4 is 5.91 Å². The van der Waals surface area contributed by atoms with Crippen LogP contribution < -0.4 is 5.32 Å². The second kappa shape index (κ2) is 6.79. The molecule has 3 nitrogen and oxygen atoms in total. The molecule has 1 atom stereocenters. The van der Waals surface area contributed by atoms with E-state index in [9.17, 15) is 13.6 Å². The molecule has 1 aromatic carbocycles. The Hall–Kier alpha value is -1.49. The number of nitrogens with zero attached hydrogens (tertiary/aromatic N) is 1. The molecular formula is C15H20F2N2O. The third-order valence-electron chi connectivity index (χ3n) is 3.55. The molecule has 1 unspecified atom stereocenters. The summed E-state index contributed by atoms with van der Waals surface area (Å²) in [4.78, 5) is 14.1. The van der Waals surface area contributed by atoms with Gasteiger partial charge in [-0.25, -0.2) is 8.78 Å². The van der Waals surface area contributed by atoms with Crippen LogP contribution in [0.25, 0.3) is 0 Å². The maximum absolute atomic E-state index is 13.2. The van der Waals surface area contributed by atoms with Gasteiger partial charge in [-0.3, -0.25) is 4.79 Å². The number of amides is 1. The second-order valence-corrected chi connectivity index (χ2v) is 5.17. The Bertz CT molecular complexity index is 473. The van der Waals surface area contributed by atoms with Crippen molar-refractivity contribution in [1.29, 1.82) is 0 Å². The van der Waals surface area contributed by atoms with Crippen LogP contribution in [-0.4, -0.2) is 36.5 Å². The Labute approximate surface area is 118 Å². The molecule has 1 saturated heterocycles. The molecule has 1 fully saturated rings. The largest absolute Gasteiger partial charge is 0.337 e. The zero-order valence-electron chi connectivity index (χ0n) is 11.7. The summed E-state index contributed by atoms with van der Waals surface area (Å²) >= 11 is 0. The summed E-state index contributed by atoms with van der Waals surface area (Å²) in [5.74, 6) is -2.15. The number of benzene rings is 1. The van der Waals surface area contributed by atoms with Gasteiger partial charge in [0.15, 0.2) is 11.6 Å². The van der Waals surface area contributed by atoms with Crippen LogP contribution in [0.1, 0.15) is 36.5 Å². The maximum Gasteiger partial charge on any atom is 0.254 e. The summed E-state index contributed by atoms with van der Waals surface area (Å²) in [6.07, 6.45) is 3.00. The van der Waals surface area contributed by atoms with Crippen LogP contribution in [0.4, 0.5) is 8.78 Å². The van der Waals surface area contributed by atoms with Crippen LogP contribution in [0.15, 0.2) is 18.2 Å². The molecule has 0 bridgehead atoms. The maximum atomic E-state index is 13.2. The van der Waals surface area contributed by atoms with Crippen molar-refractivity contribution in [1.82, 2.24) is 10.2 Å². The van der Waals surface area contributed by atoms with Gasteiger partial charge in [0, 0.05) is 24.7 Å². The lowest BCUT2D eigenvalue weighted by molar-refractivity contribution is 0.0741. The van der Waals surface area contributed by atoms with E-state index in [0.29, 0.717) is 19.1 Å². The van der Waals surface area contributed by atoms with E-state index in [0.717, 1.165) is 37.9 Å². The number of hydrogen-bond donors (Lipinski definition) is 1. The lowest BCUT2D eigenvalue weighted by atomic mass is 10.1. The first kappa shape index (κ1) is 14.9. The Morgan fingerprint density at radius 3 is 2.80 bits per heavy atom. The van der Waals surface area contributed by atoms with Crippen molar-refractivity contribution in [3.05, 3.63) is 35.4 Å². The summed E-state index contributed by atoms with van der Waals surface area (Å²) in [5, 5.41) is 3.34. The minimum atomic E-state index is -0.980. The van der Waals surface area contributed by atoms with Crippen molar-refractivity contribution in [3.63, 3.8) is 0 Å². The normalized spacial score (nSPS) is 18.2. The van der Waals surface area contributed by atoms with Gasteiger partial charge in [-0.2, -0.15) is 0 Å². The predicted octanol–water partition coefficient (Wildman–Crippen LogP) is 2.57. The molecule has 5 heteroatoms. The number of hydrogen-bond acceptors (Lipinski definition) is 2. The molecule has 1 amide bonds. The molecule has 0 aliphatic carbocycles. The van der Waals surface area contributed by atoms with Crippen molar-refractivity contribution in [2.45, 2.75) is 32.2 Å². The smallest absolute Gasteiger partial charge is 0.254 e. The lowest BCUT2D eigenvalue weighted by Gasteiger charge is -2.25. The van der Waals surface area contributed by atoms with Crippen LogP contribution >= 0.6 is 0 Å². The van der Waals surface area contributed by atoms with Crippen LogP contribution in [0.3, 0.4) is 0 Å². The number of halogens is 2. The van der Waals surface area contributed by atoms with Gasteiger partial charge in [0.05, 0.1) is 0 Å². The van der Waals surface area contributed by atoms with Crippen molar-refractivity contribution < 1.29 is 13.6 Å². The third kappa shape index (κ3) is 3.54. The number of nitrogens with one attached hydrogen (secondary N) is 1. The zero-order chi connectivity index (χ0) is 14.5. The van der Waals surface area contributed by atoms with E-state index in [1.165, 1.54) is 6.07 Å². The summed E-state index contributed by atoms with van der Waals surface area (Å²) in [6.45, 7) is 4.21. The van der Waals surface area contributed by atoms with Crippen LogP contribution in [0.2, 0.25) is 0 Å². The monoisotopic (exact) mass is 282 g/mol. The molecule has 1 aliphatic heterocycles. The first-order valence-electron chi connectivity index (χ1n) is 7.09. The molecule has 1 heterocycles. The number of rotatable bonds is 5. The highest BCUT2D eigenvalue weighted by Crippen LogP contribution is 2.14. The Morgan fingerprint density at radius 1 is 1.40 bits per heavy atom. The first-order valence-corrected chi connectivity index (χ1v) is 7.09. The SMILES string of the molecule is CCCN(CC1CCCN1)C(=O)c1ccc(F)c(F)c1. The Kier molecular flexibility index (Phi) is 5.06. The van der Waals surface area contributed by atoms with E-state index in [4.69, 9.17) is 0 Å². The molecule has 20 heavy (non-hydrogen) atoms. The van der Waals surface area contributed by atoms with E-state index in [2.05, 4.69) is 5.32 Å². The minimum absolute atomic E-state index is 0.204. The van der Waals surface area contributed by atoms with Crippen LogP contribution in [0, 0.1) is 11.6 Å². The molecule has 0 saturated carbocycles. The molecule has 0 aromatic heterocycles. The van der Waals surface area contributed by atoms with Gasteiger partial charge in [-0.1, -0.05) is 6.92 Å². The molecule has 2 rings (SSSR count). The molecule has 0 spiro atoms. The van der Waals surface area contributed by atoms with E-state index in [1.807, 2.05) is 6.92 Å². The standard InChI is InChI=1S/C15H20F2N2O/c1-2-8-19(10-12-4-3-7-18-12)15(20)11-5-6-13(16)14(17)9-11/h5-6,9,12,18H,2-4,7-8,10H2,1H3. The highest BCUT2D eigenvalue weighted by molar-refractivity contribution is 5.94. The summed E-state index contributed by atoms with van der Waals surface area (Å²) < 4.78 is 26.2. The molecule has 1 N–H and O–H groups in total. The van der Waals surface area contributed by atoms with Gasteiger partial charge < -0.3 is 10.2 Å². The van der Waals surface area contributed by atoms with Gasteiger partial charge in [-0.05, 0) is 44.0 Å². The molecular weight excluding hydrogens is 262 g/mol. The van der Waals surface area contributed by atoms with Crippen molar-refractivity contribution in [3.8, 4) is 0 Å². The number of carbonyl (C=O) groups excluding carboxylic acids is 1. The average Bonchev–Trinajstić information content (AvgIpc) is 2.93. The Balaban J connectivity index is 2.10. The highest BCUT2D eigenvalue weighted by Gasteiger charge is 2.22. The molecule has 1 aromatic rings. The van der Waals surface area contributed by atoms with Gasteiger partial charge in [0.25, 0.3) is 5.91 Å². The second-order valence-electron chi connectivity index (χ2n) is 5.17. The lowest BCUT2D eigenvalue weighted by Crippen LogP contribution is -2.41. The van der Waals surface area contributed by atoms with E-state index < -0.39 is 11.6 Å². The third-order valence-corrected chi connectivity index (χ3v) is 3.55. The van der Waals surface area contributed by atoms with Gasteiger partial charge in [0.1, 0.15) is 0 Å². The minimum Gasteiger partial charge on any atom is -0.337 e. The zero-order valence-corrected chi connectivity index (χ0v) is 11.7. The molecule has 0 radical (unpaired) electrons. The fraction of sp³-hybridized carbons (Fsp3) is 0.533. The van der Waals surface area contributed by atoms with Crippen molar-refractivity contribution in [2.24, 2.45) is 0 Å². The fourth-order valence-electron chi connectivity index (χ4n) is 2.54. The van der Waals surface area contributed by atoms with Crippen LogP contribution in [0.5, 0.6) is 0 Å². The average molecular weight is 282 g/mol. The van der Waals surface area contributed by atoms with Gasteiger partial charge in [-0.15, -0.1) is 0 Å². The first-order chi connectivity index (χ1) is 9.61. The number of carbonyl (C=O) groups is 1. The van der Waals surface area contributed by atoms with Gasteiger partial charge >= 0.3 is 0 Å². The quantitative estimate of drug-likeness (QED) is 0.900. The van der Waals surface area contributed by atoms with E-state index in [-0.39, 0.29) is 11.5 Å². The summed E-state index contributed by atoms with van der Waals surface area (Å²) in [7, 11) is 0. The Morgan fingerprint density at radius 2 is 2.20 bits per heavy atom. The topological polar surface area (TPSA) is 32.3 Å². The fourth-order valence-corrected chi connectivity index (χ4v) is 2.54.